The molecule has 0 radical (unpaired) electrons. The average molecular weight is 376 g/mol. The van der Waals surface area contributed by atoms with Gasteiger partial charge in [-0.2, -0.15) is 5.10 Å². The summed E-state index contributed by atoms with van der Waals surface area (Å²) in [5, 5.41) is 7.00. The van der Waals surface area contributed by atoms with E-state index < -0.39 is 0 Å². The second-order valence-electron chi connectivity index (χ2n) is 6.56. The molecule has 0 aliphatic heterocycles. The average Bonchev–Trinajstić information content (AvgIpc) is 3.40. The number of amides is 1. The highest BCUT2D eigenvalue weighted by Crippen LogP contribution is 2.22. The van der Waals surface area contributed by atoms with Crippen molar-refractivity contribution in [2.75, 3.05) is 0 Å². The molecule has 0 bridgehead atoms. The molecule has 8 heteroatoms. The molecule has 0 unspecified atom stereocenters. The summed E-state index contributed by atoms with van der Waals surface area (Å²) in [5.74, 6) is 1.97. The fourth-order valence-corrected chi connectivity index (χ4v) is 2.99. The Morgan fingerprint density at radius 1 is 1.14 bits per heavy atom. The molecule has 0 saturated heterocycles. The van der Waals surface area contributed by atoms with Crippen molar-refractivity contribution in [1.29, 1.82) is 0 Å². The Kier molecular flexibility index (Phi) is 4.52. The predicted octanol–water partition coefficient (Wildman–Crippen LogP) is 2.71. The molecule has 142 valence electrons. The lowest BCUT2D eigenvalue weighted by molar-refractivity contribution is 0.0939. The van der Waals surface area contributed by atoms with E-state index in [1.54, 1.807) is 27.8 Å². The van der Waals surface area contributed by atoms with E-state index in [4.69, 9.17) is 4.42 Å². The number of rotatable bonds is 5. The normalized spacial score (nSPS) is 11.0. The number of hydrogen-bond donors (Lipinski definition) is 1. The first-order valence-corrected chi connectivity index (χ1v) is 8.82. The summed E-state index contributed by atoms with van der Waals surface area (Å²) in [5.41, 5.74) is 3.10. The van der Waals surface area contributed by atoms with Crippen LogP contribution in [0.15, 0.2) is 53.5 Å². The second kappa shape index (κ2) is 7.15. The van der Waals surface area contributed by atoms with Gasteiger partial charge in [-0.1, -0.05) is 0 Å². The van der Waals surface area contributed by atoms with Crippen molar-refractivity contribution in [2.45, 2.75) is 13.5 Å². The third-order valence-corrected chi connectivity index (χ3v) is 4.49. The molecular formula is C20H20N6O2. The van der Waals surface area contributed by atoms with Crippen molar-refractivity contribution in [3.05, 3.63) is 66.3 Å². The lowest BCUT2D eigenvalue weighted by Gasteiger charge is -2.04. The number of nitrogens with zero attached hydrogens (tertiary/aromatic N) is 5. The van der Waals surface area contributed by atoms with Crippen molar-refractivity contribution in [1.82, 2.24) is 29.6 Å². The highest BCUT2D eigenvalue weighted by atomic mass is 16.3. The molecular weight excluding hydrogens is 356 g/mol. The third-order valence-electron chi connectivity index (χ3n) is 4.49. The number of aromatic nitrogens is 5. The fourth-order valence-electron chi connectivity index (χ4n) is 2.99. The molecule has 0 spiro atoms. The highest BCUT2D eigenvalue weighted by molar-refractivity contribution is 5.94. The zero-order valence-corrected chi connectivity index (χ0v) is 15.9. The van der Waals surface area contributed by atoms with E-state index >= 15 is 0 Å². The van der Waals surface area contributed by atoms with Crippen LogP contribution in [0.5, 0.6) is 0 Å². The van der Waals surface area contributed by atoms with Crippen LogP contribution >= 0.6 is 0 Å². The van der Waals surface area contributed by atoms with Gasteiger partial charge in [-0.25, -0.2) is 9.97 Å². The van der Waals surface area contributed by atoms with Crippen LogP contribution in [0.25, 0.3) is 22.6 Å². The van der Waals surface area contributed by atoms with Gasteiger partial charge >= 0.3 is 0 Å². The van der Waals surface area contributed by atoms with Crippen molar-refractivity contribution in [3.63, 3.8) is 0 Å². The Balaban J connectivity index is 1.50. The maximum absolute atomic E-state index is 12.5. The second-order valence-corrected chi connectivity index (χ2v) is 6.56. The SMILES string of the molecule is Cc1ccc(CNC(=O)c2cc(-c3cnc(-c4ccnn4C)nc3)cn2C)o1. The molecule has 4 rings (SSSR count). The first kappa shape index (κ1) is 17.7. The van der Waals surface area contributed by atoms with Crippen LogP contribution in [0.3, 0.4) is 0 Å². The van der Waals surface area contributed by atoms with Gasteiger partial charge in [-0.3, -0.25) is 9.48 Å². The maximum atomic E-state index is 12.5. The zero-order chi connectivity index (χ0) is 19.7. The zero-order valence-electron chi connectivity index (χ0n) is 15.9. The van der Waals surface area contributed by atoms with Crippen LogP contribution in [0.2, 0.25) is 0 Å². The van der Waals surface area contributed by atoms with Crippen LogP contribution in [0, 0.1) is 6.92 Å². The smallest absolute Gasteiger partial charge is 0.268 e. The Bertz CT molecular complexity index is 1120. The Morgan fingerprint density at radius 2 is 1.93 bits per heavy atom. The lowest BCUT2D eigenvalue weighted by atomic mass is 10.2. The molecule has 4 heterocycles. The van der Waals surface area contributed by atoms with Gasteiger partial charge in [0.2, 0.25) is 0 Å². The van der Waals surface area contributed by atoms with E-state index in [1.165, 1.54) is 0 Å². The molecule has 4 aromatic rings. The summed E-state index contributed by atoms with van der Waals surface area (Å²) in [6.45, 7) is 2.21. The van der Waals surface area contributed by atoms with E-state index in [9.17, 15) is 4.79 Å². The van der Waals surface area contributed by atoms with Gasteiger partial charge in [0.25, 0.3) is 5.91 Å². The molecule has 0 atom stereocenters. The molecule has 1 amide bonds. The molecule has 4 aromatic heterocycles. The van der Waals surface area contributed by atoms with Crippen LogP contribution < -0.4 is 5.32 Å². The number of carbonyl (C=O) groups is 1. The van der Waals surface area contributed by atoms with Gasteiger partial charge in [0, 0.05) is 50.0 Å². The number of carbonyl (C=O) groups excluding carboxylic acids is 1. The first-order chi connectivity index (χ1) is 13.5. The standard InChI is InChI=1S/C20H20N6O2/c1-13-4-5-16(28-13)11-23-20(27)18-8-14(12-25(18)2)15-9-21-19(22-10-15)17-6-7-24-26(17)3/h4-10,12H,11H2,1-3H3,(H,23,27). The molecule has 0 saturated carbocycles. The number of nitrogens with one attached hydrogen (secondary N) is 1. The minimum absolute atomic E-state index is 0.171. The molecule has 0 fully saturated rings. The molecule has 28 heavy (non-hydrogen) atoms. The van der Waals surface area contributed by atoms with Crippen LogP contribution in [0.1, 0.15) is 22.0 Å². The van der Waals surface area contributed by atoms with Gasteiger partial charge in [-0.05, 0) is 31.2 Å². The topological polar surface area (TPSA) is 90.8 Å². The van der Waals surface area contributed by atoms with Crippen molar-refractivity contribution in [3.8, 4) is 22.6 Å². The lowest BCUT2D eigenvalue weighted by Crippen LogP contribution is -2.24. The number of aryl methyl sites for hydroxylation is 3. The van der Waals surface area contributed by atoms with Crippen molar-refractivity contribution < 1.29 is 9.21 Å². The monoisotopic (exact) mass is 376 g/mol. The van der Waals surface area contributed by atoms with Gasteiger partial charge < -0.3 is 14.3 Å². The Morgan fingerprint density at radius 3 is 2.57 bits per heavy atom. The van der Waals surface area contributed by atoms with E-state index in [0.29, 0.717) is 18.1 Å². The Labute approximate surface area is 161 Å². The van der Waals surface area contributed by atoms with Crippen LogP contribution in [-0.2, 0) is 20.6 Å². The summed E-state index contributed by atoms with van der Waals surface area (Å²) < 4.78 is 8.99. The summed E-state index contributed by atoms with van der Waals surface area (Å²) in [6.07, 6.45) is 7.09. The van der Waals surface area contributed by atoms with Crippen LogP contribution in [-0.4, -0.2) is 30.2 Å². The highest BCUT2D eigenvalue weighted by Gasteiger charge is 2.14. The number of furan rings is 1. The van der Waals surface area contributed by atoms with Crippen LogP contribution in [0.4, 0.5) is 0 Å². The van der Waals surface area contributed by atoms with Gasteiger partial charge in [0.15, 0.2) is 5.82 Å². The molecule has 0 aromatic carbocycles. The van der Waals surface area contributed by atoms with Crippen molar-refractivity contribution in [2.24, 2.45) is 14.1 Å². The van der Waals surface area contributed by atoms with Crippen molar-refractivity contribution >= 4 is 5.91 Å². The largest absolute Gasteiger partial charge is 0.465 e. The minimum atomic E-state index is -0.171. The Hall–Kier alpha value is -3.68. The van der Waals surface area contributed by atoms with Gasteiger partial charge in [0.1, 0.15) is 22.9 Å². The quantitative estimate of drug-likeness (QED) is 0.578. The summed E-state index contributed by atoms with van der Waals surface area (Å²) in [7, 11) is 3.68. The molecule has 8 nitrogen and oxygen atoms in total. The predicted molar refractivity (Wildman–Crippen MR) is 103 cm³/mol. The minimum Gasteiger partial charge on any atom is -0.465 e. The fraction of sp³-hybridized carbons (Fsp3) is 0.200. The van der Waals surface area contributed by atoms with E-state index in [2.05, 4.69) is 20.4 Å². The summed E-state index contributed by atoms with van der Waals surface area (Å²) in [6, 6.07) is 7.41. The van der Waals surface area contributed by atoms with Gasteiger partial charge in [-0.15, -0.1) is 0 Å². The summed E-state index contributed by atoms with van der Waals surface area (Å²) >= 11 is 0. The number of hydrogen-bond acceptors (Lipinski definition) is 5. The van der Waals surface area contributed by atoms with E-state index in [1.807, 2.05) is 51.5 Å². The molecule has 1 N–H and O–H groups in total. The van der Waals surface area contributed by atoms with Gasteiger partial charge in [0.05, 0.1) is 6.54 Å². The maximum Gasteiger partial charge on any atom is 0.268 e. The van der Waals surface area contributed by atoms with E-state index in [-0.39, 0.29) is 5.91 Å². The first-order valence-electron chi connectivity index (χ1n) is 8.82. The third kappa shape index (κ3) is 3.44. The summed E-state index contributed by atoms with van der Waals surface area (Å²) in [4.78, 5) is 21.4. The molecule has 0 aliphatic carbocycles. The van der Waals surface area contributed by atoms with E-state index in [0.717, 1.165) is 28.3 Å². The molecule has 0 aliphatic rings.